The number of thiazole rings is 1. The number of nitrogens with zero attached hydrogens (tertiary/aromatic N) is 2. The molecule has 0 fully saturated rings. The van der Waals surface area contributed by atoms with Crippen molar-refractivity contribution in [2.45, 2.75) is 30.5 Å². The van der Waals surface area contributed by atoms with Crippen LogP contribution in [0.15, 0.2) is 9.72 Å². The van der Waals surface area contributed by atoms with Crippen LogP contribution in [0.4, 0.5) is 0 Å². The molecule has 0 bridgehead atoms. The fraction of sp³-hybridized carbons (Fsp3) is 0.667. The van der Waals surface area contributed by atoms with Crippen molar-refractivity contribution in [3.8, 4) is 0 Å². The molecule has 0 saturated heterocycles. The zero-order valence-corrected chi connectivity index (χ0v) is 14.3. The summed E-state index contributed by atoms with van der Waals surface area (Å²) in [6, 6.07) is 0.411. The van der Waals surface area contributed by atoms with E-state index in [0.29, 0.717) is 19.0 Å². The predicted octanol–water partition coefficient (Wildman–Crippen LogP) is 0.938. The number of aromatic nitrogens is 1. The summed E-state index contributed by atoms with van der Waals surface area (Å²) in [5, 5.41) is 0. The van der Waals surface area contributed by atoms with Crippen LogP contribution in [0.25, 0.3) is 0 Å². The van der Waals surface area contributed by atoms with Crippen LogP contribution in [-0.2, 0) is 14.8 Å². The topological polar surface area (TPSA) is 88.6 Å². The minimum absolute atomic E-state index is 0.105. The maximum atomic E-state index is 12.2. The summed E-state index contributed by atoms with van der Waals surface area (Å²) in [6.45, 7) is 5.24. The Balaban J connectivity index is 2.63. The van der Waals surface area contributed by atoms with E-state index in [0.717, 1.165) is 17.9 Å². The van der Waals surface area contributed by atoms with Crippen LogP contribution in [-0.4, -0.2) is 57.6 Å². The van der Waals surface area contributed by atoms with Crippen molar-refractivity contribution in [1.29, 1.82) is 0 Å². The van der Waals surface area contributed by atoms with E-state index in [4.69, 9.17) is 0 Å². The molecule has 0 spiro atoms. The zero-order chi connectivity index (χ0) is 16.0. The standard InChI is InChI=1S/C12H21N3O4S2/c1-9(2)15(3)7-5-6-14-21(17,18)12-10(11(16)19-4)13-8-20-12/h8-9,14H,5-7H2,1-4H3. The first-order valence-corrected chi connectivity index (χ1v) is 8.87. The Labute approximate surface area is 129 Å². The molecule has 0 amide bonds. The molecule has 1 N–H and O–H groups in total. The molecule has 0 saturated carbocycles. The first kappa shape index (κ1) is 18.0. The van der Waals surface area contributed by atoms with Gasteiger partial charge in [0.25, 0.3) is 10.0 Å². The second-order valence-electron chi connectivity index (χ2n) is 4.81. The van der Waals surface area contributed by atoms with Gasteiger partial charge in [-0.05, 0) is 33.9 Å². The van der Waals surface area contributed by atoms with E-state index in [2.05, 4.69) is 33.2 Å². The molecule has 1 heterocycles. The van der Waals surface area contributed by atoms with Crippen LogP contribution in [0, 0.1) is 0 Å². The van der Waals surface area contributed by atoms with Crippen molar-refractivity contribution in [2.75, 3.05) is 27.2 Å². The second-order valence-corrected chi connectivity index (χ2v) is 7.62. The van der Waals surface area contributed by atoms with Crippen molar-refractivity contribution in [3.05, 3.63) is 11.2 Å². The van der Waals surface area contributed by atoms with Gasteiger partial charge in [-0.15, -0.1) is 11.3 Å². The molecule has 0 unspecified atom stereocenters. The fourth-order valence-corrected chi connectivity index (χ4v) is 3.77. The Morgan fingerprint density at radius 1 is 1.52 bits per heavy atom. The number of hydrogen-bond donors (Lipinski definition) is 1. The van der Waals surface area contributed by atoms with Crippen molar-refractivity contribution in [1.82, 2.24) is 14.6 Å². The fourth-order valence-electron chi connectivity index (χ4n) is 1.52. The summed E-state index contributed by atoms with van der Waals surface area (Å²) in [4.78, 5) is 17.3. The lowest BCUT2D eigenvalue weighted by atomic mass is 10.3. The number of esters is 1. The number of rotatable bonds is 8. The maximum Gasteiger partial charge on any atom is 0.358 e. The molecule has 1 rings (SSSR count). The average Bonchev–Trinajstić information content (AvgIpc) is 2.92. The van der Waals surface area contributed by atoms with Crippen LogP contribution in [0.2, 0.25) is 0 Å². The van der Waals surface area contributed by atoms with Crippen LogP contribution >= 0.6 is 11.3 Å². The molecule has 9 heteroatoms. The van der Waals surface area contributed by atoms with Crippen LogP contribution < -0.4 is 4.72 Å². The van der Waals surface area contributed by atoms with E-state index >= 15 is 0 Å². The van der Waals surface area contributed by atoms with Gasteiger partial charge in [-0.25, -0.2) is 22.9 Å². The lowest BCUT2D eigenvalue weighted by Crippen LogP contribution is -2.31. The molecule has 0 aromatic carbocycles. The Bertz CT molecular complexity index is 569. The highest BCUT2D eigenvalue weighted by molar-refractivity contribution is 7.91. The molecule has 0 aliphatic carbocycles. The summed E-state index contributed by atoms with van der Waals surface area (Å²) in [5.41, 5.74) is 1.14. The van der Waals surface area contributed by atoms with Crippen LogP contribution in [0.3, 0.4) is 0 Å². The Hall–Kier alpha value is -1.03. The first-order chi connectivity index (χ1) is 9.79. The molecule has 1 aromatic heterocycles. The van der Waals surface area contributed by atoms with Crippen molar-refractivity contribution in [3.63, 3.8) is 0 Å². The van der Waals surface area contributed by atoms with Gasteiger partial charge in [0.15, 0.2) is 9.90 Å². The summed E-state index contributed by atoms with van der Waals surface area (Å²) < 4.78 is 31.2. The molecule has 21 heavy (non-hydrogen) atoms. The normalized spacial score (nSPS) is 12.1. The number of ether oxygens (including phenoxy) is 1. The lowest BCUT2D eigenvalue weighted by Gasteiger charge is -2.20. The van der Waals surface area contributed by atoms with Gasteiger partial charge in [0.05, 0.1) is 12.6 Å². The zero-order valence-electron chi connectivity index (χ0n) is 12.6. The van der Waals surface area contributed by atoms with E-state index in [1.165, 1.54) is 12.6 Å². The lowest BCUT2D eigenvalue weighted by molar-refractivity contribution is 0.0590. The molecule has 120 valence electrons. The Morgan fingerprint density at radius 2 is 2.19 bits per heavy atom. The Morgan fingerprint density at radius 3 is 2.76 bits per heavy atom. The predicted molar refractivity (Wildman–Crippen MR) is 81.0 cm³/mol. The highest BCUT2D eigenvalue weighted by Crippen LogP contribution is 2.20. The molecule has 0 aliphatic rings. The summed E-state index contributed by atoms with van der Waals surface area (Å²) >= 11 is 0.897. The third-order valence-corrected chi connectivity index (χ3v) is 5.85. The molecule has 1 aromatic rings. The SMILES string of the molecule is COC(=O)c1ncsc1S(=O)(=O)NCCCN(C)C(C)C. The molecule has 0 aliphatic heterocycles. The second kappa shape index (κ2) is 7.83. The number of carbonyl (C=O) groups is 1. The third-order valence-electron chi connectivity index (χ3n) is 3.02. The van der Waals surface area contributed by atoms with Gasteiger partial charge in [0.2, 0.25) is 0 Å². The summed E-state index contributed by atoms with van der Waals surface area (Å²) in [6.07, 6.45) is 0.681. The quantitative estimate of drug-likeness (QED) is 0.562. The molecule has 0 atom stereocenters. The van der Waals surface area contributed by atoms with Gasteiger partial charge in [-0.2, -0.15) is 0 Å². The number of methoxy groups -OCH3 is 1. The highest BCUT2D eigenvalue weighted by atomic mass is 32.2. The number of hydrogen-bond acceptors (Lipinski definition) is 7. The Kier molecular flexibility index (Phi) is 6.72. The van der Waals surface area contributed by atoms with Gasteiger partial charge in [-0.3, -0.25) is 0 Å². The van der Waals surface area contributed by atoms with E-state index < -0.39 is 16.0 Å². The number of carbonyl (C=O) groups excluding carboxylic acids is 1. The van der Waals surface area contributed by atoms with Crippen LogP contribution in [0.5, 0.6) is 0 Å². The van der Waals surface area contributed by atoms with Gasteiger partial charge in [-0.1, -0.05) is 0 Å². The van der Waals surface area contributed by atoms with Crippen molar-refractivity contribution >= 4 is 27.3 Å². The minimum atomic E-state index is -3.73. The smallest absolute Gasteiger partial charge is 0.358 e. The minimum Gasteiger partial charge on any atom is -0.464 e. The van der Waals surface area contributed by atoms with Gasteiger partial charge >= 0.3 is 5.97 Å². The number of sulfonamides is 1. The van der Waals surface area contributed by atoms with Gasteiger partial charge in [0.1, 0.15) is 0 Å². The molecular formula is C12H21N3O4S2. The van der Waals surface area contributed by atoms with Gasteiger partial charge in [0, 0.05) is 12.6 Å². The monoisotopic (exact) mass is 335 g/mol. The molecule has 7 nitrogen and oxygen atoms in total. The summed E-state index contributed by atoms with van der Waals surface area (Å²) in [7, 11) is -0.563. The van der Waals surface area contributed by atoms with E-state index in [1.54, 1.807) is 0 Å². The average molecular weight is 335 g/mol. The van der Waals surface area contributed by atoms with Crippen molar-refractivity contribution < 1.29 is 17.9 Å². The van der Waals surface area contributed by atoms with E-state index in [1.807, 2.05) is 7.05 Å². The maximum absolute atomic E-state index is 12.2. The molecular weight excluding hydrogens is 314 g/mol. The van der Waals surface area contributed by atoms with E-state index in [-0.39, 0.29) is 9.90 Å². The van der Waals surface area contributed by atoms with Gasteiger partial charge < -0.3 is 9.64 Å². The molecule has 0 radical (unpaired) electrons. The van der Waals surface area contributed by atoms with Crippen LogP contribution in [0.1, 0.15) is 30.8 Å². The third kappa shape index (κ3) is 5.03. The van der Waals surface area contributed by atoms with Crippen molar-refractivity contribution in [2.24, 2.45) is 0 Å². The highest BCUT2D eigenvalue weighted by Gasteiger charge is 2.26. The first-order valence-electron chi connectivity index (χ1n) is 6.51. The number of nitrogens with one attached hydrogen (secondary N) is 1. The summed E-state index contributed by atoms with van der Waals surface area (Å²) in [5.74, 6) is -0.754. The van der Waals surface area contributed by atoms with E-state index in [9.17, 15) is 13.2 Å². The largest absolute Gasteiger partial charge is 0.464 e.